The van der Waals surface area contributed by atoms with Crippen molar-refractivity contribution in [1.29, 1.82) is 0 Å². The average molecular weight is 464 g/mol. The summed E-state index contributed by atoms with van der Waals surface area (Å²) in [7, 11) is 0. The summed E-state index contributed by atoms with van der Waals surface area (Å²) in [6.07, 6.45) is 3.86. The molecule has 0 bridgehead atoms. The highest BCUT2D eigenvalue weighted by Crippen LogP contribution is 2.19. The summed E-state index contributed by atoms with van der Waals surface area (Å²) in [4.78, 5) is 29.9. The molecule has 0 amide bonds. The highest BCUT2D eigenvalue weighted by Gasteiger charge is 2.12. The molecule has 0 saturated carbocycles. The van der Waals surface area contributed by atoms with Crippen molar-refractivity contribution < 1.29 is 9.47 Å². The van der Waals surface area contributed by atoms with Gasteiger partial charge in [-0.25, -0.2) is 0 Å². The number of para-hydroxylation sites is 1. The van der Waals surface area contributed by atoms with Crippen LogP contribution in [0.5, 0.6) is 11.5 Å². The highest BCUT2D eigenvalue weighted by molar-refractivity contribution is 7.15. The molecule has 0 aliphatic heterocycles. The van der Waals surface area contributed by atoms with E-state index in [2.05, 4.69) is 10.1 Å². The van der Waals surface area contributed by atoms with E-state index in [4.69, 9.17) is 9.47 Å². The van der Waals surface area contributed by atoms with Gasteiger partial charge in [-0.3, -0.25) is 9.59 Å². The van der Waals surface area contributed by atoms with Gasteiger partial charge in [0.05, 0.1) is 17.7 Å². The number of thiazole rings is 1. The standard InChI is InChI=1S/C25H25N3O4S/c1-3-13-31-19-11-9-17(10-12-19)15-20-23(29)26-25-28(27-20)24(30)22(33-25)16-18-7-5-6-8-21(18)32-14-4-2/h5-12,16H,3-4,13-15H2,1-2H3/b22-16+. The first-order valence-corrected chi connectivity index (χ1v) is 11.8. The SMILES string of the molecule is CCCOc1ccc(Cc2nn3c(=O)/c(=C\c4ccccc4OCCC)sc3nc2=O)cc1. The zero-order chi connectivity index (χ0) is 23.2. The molecule has 4 aromatic rings. The van der Waals surface area contributed by atoms with E-state index in [1.165, 1.54) is 4.52 Å². The molecule has 170 valence electrons. The molecule has 0 aliphatic carbocycles. The zero-order valence-electron chi connectivity index (χ0n) is 18.6. The second kappa shape index (κ2) is 10.4. The van der Waals surface area contributed by atoms with E-state index < -0.39 is 5.56 Å². The van der Waals surface area contributed by atoms with Crippen LogP contribution in [0.15, 0.2) is 58.1 Å². The third-order valence-corrected chi connectivity index (χ3v) is 5.84. The van der Waals surface area contributed by atoms with Crippen LogP contribution in [0.3, 0.4) is 0 Å². The van der Waals surface area contributed by atoms with Gasteiger partial charge in [0, 0.05) is 12.0 Å². The largest absolute Gasteiger partial charge is 0.494 e. The van der Waals surface area contributed by atoms with Crippen LogP contribution in [0.2, 0.25) is 0 Å². The lowest BCUT2D eigenvalue weighted by Gasteiger charge is -2.07. The number of aromatic nitrogens is 3. The minimum Gasteiger partial charge on any atom is -0.494 e. The molecule has 0 fully saturated rings. The van der Waals surface area contributed by atoms with Crippen molar-refractivity contribution in [2.24, 2.45) is 0 Å². The number of hydrogen-bond donors (Lipinski definition) is 0. The van der Waals surface area contributed by atoms with E-state index in [0.29, 0.717) is 23.5 Å². The Bertz CT molecular complexity index is 1410. The summed E-state index contributed by atoms with van der Waals surface area (Å²) in [6.45, 7) is 5.33. The topological polar surface area (TPSA) is 82.8 Å². The summed E-state index contributed by atoms with van der Waals surface area (Å²) in [6, 6.07) is 15.0. The third kappa shape index (κ3) is 5.28. The van der Waals surface area contributed by atoms with E-state index in [-0.39, 0.29) is 22.6 Å². The molecule has 8 heteroatoms. The molecular weight excluding hydrogens is 438 g/mol. The lowest BCUT2D eigenvalue weighted by atomic mass is 10.1. The second-order valence-corrected chi connectivity index (χ2v) is 8.54. The van der Waals surface area contributed by atoms with Gasteiger partial charge in [-0.05, 0) is 42.7 Å². The van der Waals surface area contributed by atoms with Gasteiger partial charge in [-0.2, -0.15) is 14.6 Å². The van der Waals surface area contributed by atoms with Crippen LogP contribution < -0.4 is 25.1 Å². The molecule has 2 aromatic carbocycles. The van der Waals surface area contributed by atoms with Gasteiger partial charge >= 0.3 is 0 Å². The lowest BCUT2D eigenvalue weighted by molar-refractivity contribution is 0.317. The Morgan fingerprint density at radius 1 is 0.970 bits per heavy atom. The first kappa shape index (κ1) is 22.7. The van der Waals surface area contributed by atoms with Crippen molar-refractivity contribution in [2.75, 3.05) is 13.2 Å². The van der Waals surface area contributed by atoms with Crippen LogP contribution in [-0.4, -0.2) is 27.8 Å². The summed E-state index contributed by atoms with van der Waals surface area (Å²) >= 11 is 1.14. The summed E-state index contributed by atoms with van der Waals surface area (Å²) < 4.78 is 13.0. The van der Waals surface area contributed by atoms with Crippen LogP contribution >= 0.6 is 11.3 Å². The fraction of sp³-hybridized carbons (Fsp3) is 0.280. The Kier molecular flexibility index (Phi) is 7.14. The quantitative estimate of drug-likeness (QED) is 0.379. The van der Waals surface area contributed by atoms with Gasteiger partial charge in [0.25, 0.3) is 11.1 Å². The van der Waals surface area contributed by atoms with Crippen LogP contribution in [0, 0.1) is 0 Å². The van der Waals surface area contributed by atoms with Crippen molar-refractivity contribution in [3.8, 4) is 11.5 Å². The Morgan fingerprint density at radius 3 is 2.45 bits per heavy atom. The van der Waals surface area contributed by atoms with Crippen LogP contribution in [-0.2, 0) is 6.42 Å². The van der Waals surface area contributed by atoms with Gasteiger partial charge in [0.2, 0.25) is 4.96 Å². The van der Waals surface area contributed by atoms with Gasteiger partial charge in [-0.1, -0.05) is 55.5 Å². The fourth-order valence-corrected chi connectivity index (χ4v) is 4.15. The average Bonchev–Trinajstić information content (AvgIpc) is 3.12. The van der Waals surface area contributed by atoms with Crippen molar-refractivity contribution >= 4 is 22.4 Å². The Labute approximate surface area is 195 Å². The maximum Gasteiger partial charge on any atom is 0.296 e. The number of hydrogen-bond acceptors (Lipinski definition) is 7. The molecule has 0 saturated heterocycles. The molecule has 0 N–H and O–H groups in total. The second-order valence-electron chi connectivity index (χ2n) is 7.53. The van der Waals surface area contributed by atoms with E-state index in [1.807, 2.05) is 62.4 Å². The fourth-order valence-electron chi connectivity index (χ4n) is 3.25. The Hall–Kier alpha value is -3.52. The number of benzene rings is 2. The Morgan fingerprint density at radius 2 is 1.70 bits per heavy atom. The van der Waals surface area contributed by atoms with Gasteiger partial charge in [0.15, 0.2) is 0 Å². The predicted octanol–water partition coefficient (Wildman–Crippen LogP) is 3.23. The summed E-state index contributed by atoms with van der Waals surface area (Å²) in [5.74, 6) is 1.49. The monoisotopic (exact) mass is 463 g/mol. The van der Waals surface area contributed by atoms with Crippen molar-refractivity contribution in [3.05, 3.63) is 90.6 Å². The number of ether oxygens (including phenoxy) is 2. The smallest absolute Gasteiger partial charge is 0.296 e. The lowest BCUT2D eigenvalue weighted by Crippen LogP contribution is -2.28. The van der Waals surface area contributed by atoms with Crippen LogP contribution in [0.4, 0.5) is 0 Å². The predicted molar refractivity (Wildman–Crippen MR) is 129 cm³/mol. The molecular formula is C25H25N3O4S. The summed E-state index contributed by atoms with van der Waals surface area (Å²) in [5, 5.41) is 4.33. The zero-order valence-corrected chi connectivity index (χ0v) is 19.4. The van der Waals surface area contributed by atoms with E-state index in [9.17, 15) is 9.59 Å². The normalized spacial score (nSPS) is 11.8. The minimum absolute atomic E-state index is 0.225. The number of nitrogens with zero attached hydrogens (tertiary/aromatic N) is 3. The van der Waals surface area contributed by atoms with E-state index in [1.54, 1.807) is 6.08 Å². The maximum absolute atomic E-state index is 13.0. The van der Waals surface area contributed by atoms with E-state index >= 15 is 0 Å². The number of rotatable bonds is 9. The molecule has 33 heavy (non-hydrogen) atoms. The third-order valence-electron chi connectivity index (χ3n) is 4.89. The first-order chi connectivity index (χ1) is 16.1. The highest BCUT2D eigenvalue weighted by atomic mass is 32.1. The van der Waals surface area contributed by atoms with Crippen molar-refractivity contribution in [3.63, 3.8) is 0 Å². The minimum atomic E-state index is -0.430. The van der Waals surface area contributed by atoms with Gasteiger partial charge in [-0.15, -0.1) is 0 Å². The maximum atomic E-state index is 13.0. The molecule has 0 spiro atoms. The first-order valence-electron chi connectivity index (χ1n) is 11.0. The Balaban J connectivity index is 1.66. The molecule has 0 aliphatic rings. The molecule has 2 heterocycles. The van der Waals surface area contributed by atoms with E-state index in [0.717, 1.165) is 41.1 Å². The van der Waals surface area contributed by atoms with Gasteiger partial charge in [0.1, 0.15) is 17.2 Å². The van der Waals surface area contributed by atoms with Crippen molar-refractivity contribution in [1.82, 2.24) is 14.6 Å². The molecule has 2 aromatic heterocycles. The van der Waals surface area contributed by atoms with Crippen LogP contribution in [0.1, 0.15) is 43.5 Å². The number of fused-ring (bicyclic) bond motifs is 1. The molecule has 0 atom stereocenters. The summed E-state index contributed by atoms with van der Waals surface area (Å²) in [5.41, 5.74) is 1.17. The molecule has 0 unspecified atom stereocenters. The molecule has 4 rings (SSSR count). The van der Waals surface area contributed by atoms with Gasteiger partial charge < -0.3 is 9.47 Å². The van der Waals surface area contributed by atoms with Crippen molar-refractivity contribution in [2.45, 2.75) is 33.1 Å². The molecule has 7 nitrogen and oxygen atoms in total. The van der Waals surface area contributed by atoms with Crippen LogP contribution in [0.25, 0.3) is 11.0 Å². The molecule has 0 radical (unpaired) electrons.